The first-order valence-corrected chi connectivity index (χ1v) is 8.19. The monoisotopic (exact) mass is 289 g/mol. The molecule has 2 aliphatic rings. The van der Waals surface area contributed by atoms with Crippen LogP contribution in [-0.4, -0.2) is 25.4 Å². The van der Waals surface area contributed by atoms with Crippen LogP contribution in [0.5, 0.6) is 5.75 Å². The van der Waals surface area contributed by atoms with Crippen LogP contribution in [0, 0.1) is 11.8 Å². The normalized spacial score (nSPS) is 33.9. The van der Waals surface area contributed by atoms with Crippen molar-refractivity contribution in [3.05, 3.63) is 29.8 Å². The Morgan fingerprint density at radius 1 is 1.10 bits per heavy atom. The van der Waals surface area contributed by atoms with Crippen LogP contribution in [0.15, 0.2) is 24.3 Å². The standard InChI is InChI=1S/C18H27NO2/c1-11-12(2)20-13(3)17(11)18(19-4)14-5-7-15(8-6-14)21-16-9-10-16/h5-8,11-13,16-19H,9-10H2,1-4H3. The maximum absolute atomic E-state index is 6.01. The fourth-order valence-electron chi connectivity index (χ4n) is 3.58. The van der Waals surface area contributed by atoms with Crippen LogP contribution < -0.4 is 10.1 Å². The van der Waals surface area contributed by atoms with Gasteiger partial charge in [-0.2, -0.15) is 0 Å². The molecule has 1 N–H and O–H groups in total. The number of nitrogens with one attached hydrogen (secondary N) is 1. The third-order valence-corrected chi connectivity index (χ3v) is 5.08. The summed E-state index contributed by atoms with van der Waals surface area (Å²) in [7, 11) is 2.04. The Morgan fingerprint density at radius 3 is 2.24 bits per heavy atom. The minimum Gasteiger partial charge on any atom is -0.490 e. The van der Waals surface area contributed by atoms with E-state index in [1.54, 1.807) is 0 Å². The molecule has 1 saturated heterocycles. The molecule has 1 aliphatic carbocycles. The molecule has 2 fully saturated rings. The van der Waals surface area contributed by atoms with E-state index in [1.165, 1.54) is 18.4 Å². The zero-order chi connectivity index (χ0) is 15.0. The molecule has 0 amide bonds. The Labute approximate surface area is 128 Å². The largest absolute Gasteiger partial charge is 0.490 e. The van der Waals surface area contributed by atoms with Gasteiger partial charge in [-0.1, -0.05) is 19.1 Å². The molecule has 0 aromatic heterocycles. The minimum atomic E-state index is 0.287. The first kappa shape index (κ1) is 14.9. The van der Waals surface area contributed by atoms with E-state index >= 15 is 0 Å². The van der Waals surface area contributed by atoms with Crippen molar-refractivity contribution in [1.29, 1.82) is 0 Å². The molecule has 21 heavy (non-hydrogen) atoms. The molecule has 116 valence electrons. The quantitative estimate of drug-likeness (QED) is 0.899. The summed E-state index contributed by atoms with van der Waals surface area (Å²) >= 11 is 0. The highest BCUT2D eigenvalue weighted by molar-refractivity contribution is 5.30. The van der Waals surface area contributed by atoms with Gasteiger partial charge in [-0.15, -0.1) is 0 Å². The molecule has 1 heterocycles. The Hall–Kier alpha value is -1.06. The van der Waals surface area contributed by atoms with Gasteiger partial charge in [0.05, 0.1) is 18.3 Å². The lowest BCUT2D eigenvalue weighted by atomic mass is 9.80. The molecule has 0 spiro atoms. The van der Waals surface area contributed by atoms with Gasteiger partial charge < -0.3 is 14.8 Å². The summed E-state index contributed by atoms with van der Waals surface area (Å²) in [6.45, 7) is 6.67. The number of rotatable bonds is 5. The van der Waals surface area contributed by atoms with Gasteiger partial charge >= 0.3 is 0 Å². The van der Waals surface area contributed by atoms with Gasteiger partial charge in [0.2, 0.25) is 0 Å². The lowest BCUT2D eigenvalue weighted by Gasteiger charge is -2.29. The summed E-state index contributed by atoms with van der Waals surface area (Å²) in [5.41, 5.74) is 1.32. The molecule has 0 bridgehead atoms. The van der Waals surface area contributed by atoms with E-state index in [9.17, 15) is 0 Å². The second-order valence-electron chi connectivity index (χ2n) is 6.64. The fraction of sp³-hybridized carbons (Fsp3) is 0.667. The van der Waals surface area contributed by atoms with Crippen molar-refractivity contribution in [1.82, 2.24) is 5.32 Å². The smallest absolute Gasteiger partial charge is 0.119 e. The number of hydrogen-bond donors (Lipinski definition) is 1. The van der Waals surface area contributed by atoms with E-state index in [0.29, 0.717) is 30.1 Å². The SMILES string of the molecule is CNC(c1ccc(OC2CC2)cc1)C1C(C)OC(C)C1C. The molecule has 1 aromatic rings. The molecule has 1 aromatic carbocycles. The molecule has 1 saturated carbocycles. The van der Waals surface area contributed by atoms with Crippen molar-refractivity contribution in [2.45, 2.75) is 58.0 Å². The summed E-state index contributed by atoms with van der Waals surface area (Å²) in [4.78, 5) is 0. The van der Waals surface area contributed by atoms with Crippen molar-refractivity contribution in [2.75, 3.05) is 7.05 Å². The average Bonchev–Trinajstić information content (AvgIpc) is 3.24. The molecule has 3 heteroatoms. The van der Waals surface area contributed by atoms with Gasteiger partial charge in [0.25, 0.3) is 0 Å². The van der Waals surface area contributed by atoms with Crippen molar-refractivity contribution in [3.8, 4) is 5.75 Å². The summed E-state index contributed by atoms with van der Waals surface area (Å²) in [5, 5.41) is 3.49. The molecular formula is C18H27NO2. The van der Waals surface area contributed by atoms with Crippen LogP contribution in [0.25, 0.3) is 0 Å². The second kappa shape index (κ2) is 5.98. The number of benzene rings is 1. The lowest BCUT2D eigenvalue weighted by molar-refractivity contribution is 0.0478. The third-order valence-electron chi connectivity index (χ3n) is 5.08. The van der Waals surface area contributed by atoms with Gasteiger partial charge in [0, 0.05) is 12.0 Å². The molecule has 0 radical (unpaired) electrons. The Kier molecular flexibility index (Phi) is 4.23. The topological polar surface area (TPSA) is 30.5 Å². The van der Waals surface area contributed by atoms with E-state index in [4.69, 9.17) is 9.47 Å². The van der Waals surface area contributed by atoms with Crippen molar-refractivity contribution in [3.63, 3.8) is 0 Å². The van der Waals surface area contributed by atoms with Gasteiger partial charge in [-0.3, -0.25) is 0 Å². The zero-order valence-corrected chi connectivity index (χ0v) is 13.5. The molecule has 3 nitrogen and oxygen atoms in total. The Morgan fingerprint density at radius 2 is 1.76 bits per heavy atom. The number of ether oxygens (including phenoxy) is 2. The van der Waals surface area contributed by atoms with Gasteiger partial charge in [-0.25, -0.2) is 0 Å². The van der Waals surface area contributed by atoms with E-state index < -0.39 is 0 Å². The predicted molar refractivity (Wildman–Crippen MR) is 84.6 cm³/mol. The van der Waals surface area contributed by atoms with E-state index in [0.717, 1.165) is 5.75 Å². The van der Waals surface area contributed by atoms with Gasteiger partial charge in [0.1, 0.15) is 5.75 Å². The van der Waals surface area contributed by atoms with Crippen LogP contribution in [0.1, 0.15) is 45.2 Å². The maximum Gasteiger partial charge on any atom is 0.119 e. The zero-order valence-electron chi connectivity index (χ0n) is 13.5. The first-order valence-electron chi connectivity index (χ1n) is 8.19. The molecule has 5 unspecified atom stereocenters. The van der Waals surface area contributed by atoms with Crippen LogP contribution in [0.4, 0.5) is 0 Å². The highest BCUT2D eigenvalue weighted by Gasteiger charge is 2.41. The summed E-state index contributed by atoms with van der Waals surface area (Å²) < 4.78 is 11.8. The average molecular weight is 289 g/mol. The van der Waals surface area contributed by atoms with Crippen molar-refractivity contribution in [2.24, 2.45) is 11.8 Å². The molecule has 5 atom stereocenters. The van der Waals surface area contributed by atoms with Gasteiger partial charge in [-0.05, 0) is 57.4 Å². The van der Waals surface area contributed by atoms with E-state index in [2.05, 4.69) is 50.4 Å². The van der Waals surface area contributed by atoms with Crippen LogP contribution in [0.2, 0.25) is 0 Å². The minimum absolute atomic E-state index is 0.287. The highest BCUT2D eigenvalue weighted by Crippen LogP contribution is 2.40. The summed E-state index contributed by atoms with van der Waals surface area (Å²) in [6, 6.07) is 8.93. The summed E-state index contributed by atoms with van der Waals surface area (Å²) in [6.07, 6.45) is 3.48. The van der Waals surface area contributed by atoms with E-state index in [1.807, 2.05) is 7.05 Å². The van der Waals surface area contributed by atoms with Gasteiger partial charge in [0.15, 0.2) is 0 Å². The Balaban J connectivity index is 1.75. The van der Waals surface area contributed by atoms with Crippen molar-refractivity contribution >= 4 is 0 Å². The molecular weight excluding hydrogens is 262 g/mol. The number of hydrogen-bond acceptors (Lipinski definition) is 3. The Bertz CT molecular complexity index is 469. The lowest BCUT2D eigenvalue weighted by Crippen LogP contribution is -2.33. The molecule has 3 rings (SSSR count). The van der Waals surface area contributed by atoms with Crippen molar-refractivity contribution < 1.29 is 9.47 Å². The second-order valence-corrected chi connectivity index (χ2v) is 6.64. The predicted octanol–water partition coefficient (Wildman–Crippen LogP) is 3.55. The van der Waals surface area contributed by atoms with E-state index in [-0.39, 0.29) is 6.10 Å². The molecule has 1 aliphatic heterocycles. The maximum atomic E-state index is 6.01. The van der Waals surface area contributed by atoms with Crippen LogP contribution in [0.3, 0.4) is 0 Å². The third kappa shape index (κ3) is 3.09. The van der Waals surface area contributed by atoms with Crippen LogP contribution in [-0.2, 0) is 4.74 Å². The highest BCUT2D eigenvalue weighted by atomic mass is 16.5. The van der Waals surface area contributed by atoms with Crippen LogP contribution >= 0.6 is 0 Å². The first-order chi connectivity index (χ1) is 10.1. The fourth-order valence-corrected chi connectivity index (χ4v) is 3.58. The summed E-state index contributed by atoms with van der Waals surface area (Å²) in [5.74, 6) is 2.05.